The molecule has 0 radical (unpaired) electrons. The van der Waals surface area contributed by atoms with E-state index < -0.39 is 0 Å². The molecule has 86 valence electrons. The predicted molar refractivity (Wildman–Crippen MR) is 66.2 cm³/mol. The first-order valence-electron chi connectivity index (χ1n) is 5.01. The van der Waals surface area contributed by atoms with Crippen molar-refractivity contribution in [1.29, 1.82) is 0 Å². The molecule has 1 N–H and O–H groups in total. The van der Waals surface area contributed by atoms with E-state index in [9.17, 15) is 4.79 Å². The van der Waals surface area contributed by atoms with Gasteiger partial charge in [0.2, 0.25) is 0 Å². The van der Waals surface area contributed by atoms with Crippen LogP contribution in [0.15, 0.2) is 36.8 Å². The first-order valence-corrected chi connectivity index (χ1v) is 5.39. The van der Waals surface area contributed by atoms with E-state index in [1.54, 1.807) is 24.4 Å². The third-order valence-electron chi connectivity index (χ3n) is 2.27. The Morgan fingerprint density at radius 2 is 2.18 bits per heavy atom. The molecule has 0 aliphatic rings. The normalized spacial score (nSPS) is 10.0. The molecular formula is C12H10ClN3O. The number of nitrogens with one attached hydrogen (secondary N) is 1. The molecule has 2 aromatic rings. The number of nitrogens with zero attached hydrogens (tertiary/aromatic N) is 2. The Hall–Kier alpha value is -1.94. The SMILES string of the molecule is Cc1ncccc1NC(=O)c1ccncc1Cl. The maximum Gasteiger partial charge on any atom is 0.257 e. The number of hydrogen-bond donors (Lipinski definition) is 1. The van der Waals surface area contributed by atoms with E-state index >= 15 is 0 Å². The van der Waals surface area contributed by atoms with Crippen molar-refractivity contribution in [2.75, 3.05) is 5.32 Å². The van der Waals surface area contributed by atoms with Crippen LogP contribution < -0.4 is 5.32 Å². The quantitative estimate of drug-likeness (QED) is 0.888. The first-order chi connectivity index (χ1) is 8.18. The van der Waals surface area contributed by atoms with E-state index in [4.69, 9.17) is 11.6 Å². The molecule has 0 unspecified atom stereocenters. The number of carbonyl (C=O) groups is 1. The second-order valence-electron chi connectivity index (χ2n) is 3.45. The lowest BCUT2D eigenvalue weighted by molar-refractivity contribution is 0.102. The van der Waals surface area contributed by atoms with Gasteiger partial charge in [-0.05, 0) is 25.1 Å². The van der Waals surface area contributed by atoms with E-state index in [0.29, 0.717) is 16.3 Å². The van der Waals surface area contributed by atoms with Gasteiger partial charge in [-0.1, -0.05) is 11.6 Å². The number of halogens is 1. The zero-order valence-electron chi connectivity index (χ0n) is 9.14. The minimum absolute atomic E-state index is 0.270. The third kappa shape index (κ3) is 2.60. The number of carbonyl (C=O) groups excluding carboxylic acids is 1. The van der Waals surface area contributed by atoms with Crippen LogP contribution in [0.5, 0.6) is 0 Å². The fraction of sp³-hybridized carbons (Fsp3) is 0.0833. The number of anilines is 1. The summed E-state index contributed by atoms with van der Waals surface area (Å²) in [6.07, 6.45) is 4.63. The van der Waals surface area contributed by atoms with Crippen LogP contribution in [0.3, 0.4) is 0 Å². The van der Waals surface area contributed by atoms with Crippen molar-refractivity contribution in [2.24, 2.45) is 0 Å². The summed E-state index contributed by atoms with van der Waals surface area (Å²) in [5, 5.41) is 3.08. The zero-order chi connectivity index (χ0) is 12.3. The summed E-state index contributed by atoms with van der Waals surface area (Å²) in [6, 6.07) is 5.12. The van der Waals surface area contributed by atoms with Gasteiger partial charge in [0.05, 0.1) is 22.0 Å². The van der Waals surface area contributed by atoms with Gasteiger partial charge in [-0.25, -0.2) is 0 Å². The predicted octanol–water partition coefficient (Wildman–Crippen LogP) is 2.69. The molecule has 0 aromatic carbocycles. The first kappa shape index (κ1) is 11.5. The molecule has 2 aromatic heterocycles. The minimum Gasteiger partial charge on any atom is -0.320 e. The molecule has 1 amide bonds. The Morgan fingerprint density at radius 1 is 1.35 bits per heavy atom. The Bertz CT molecular complexity index is 557. The van der Waals surface area contributed by atoms with Crippen LogP contribution in [0, 0.1) is 6.92 Å². The molecule has 5 heteroatoms. The van der Waals surface area contributed by atoms with Crippen molar-refractivity contribution in [3.05, 3.63) is 53.1 Å². The lowest BCUT2D eigenvalue weighted by atomic mass is 10.2. The smallest absolute Gasteiger partial charge is 0.257 e. The third-order valence-corrected chi connectivity index (χ3v) is 2.57. The highest BCUT2D eigenvalue weighted by atomic mass is 35.5. The number of hydrogen-bond acceptors (Lipinski definition) is 3. The minimum atomic E-state index is -0.270. The largest absolute Gasteiger partial charge is 0.320 e. The van der Waals surface area contributed by atoms with Gasteiger partial charge in [-0.15, -0.1) is 0 Å². The molecule has 17 heavy (non-hydrogen) atoms. The highest BCUT2D eigenvalue weighted by molar-refractivity contribution is 6.34. The topological polar surface area (TPSA) is 54.9 Å². The summed E-state index contributed by atoms with van der Waals surface area (Å²) >= 11 is 5.89. The number of aryl methyl sites for hydroxylation is 1. The highest BCUT2D eigenvalue weighted by Crippen LogP contribution is 2.17. The second kappa shape index (κ2) is 4.93. The molecular weight excluding hydrogens is 238 g/mol. The average Bonchev–Trinajstić information content (AvgIpc) is 2.32. The van der Waals surface area contributed by atoms with Gasteiger partial charge in [-0.3, -0.25) is 14.8 Å². The molecule has 4 nitrogen and oxygen atoms in total. The standard InChI is InChI=1S/C12H10ClN3O/c1-8-11(3-2-5-15-8)16-12(17)9-4-6-14-7-10(9)13/h2-7H,1H3,(H,16,17). The molecule has 0 fully saturated rings. The Morgan fingerprint density at radius 3 is 2.88 bits per heavy atom. The van der Waals surface area contributed by atoms with Crippen molar-refractivity contribution in [1.82, 2.24) is 9.97 Å². The van der Waals surface area contributed by atoms with Crippen LogP contribution in [0.1, 0.15) is 16.1 Å². The van der Waals surface area contributed by atoms with E-state index in [1.165, 1.54) is 12.4 Å². The summed E-state index contributed by atoms with van der Waals surface area (Å²) < 4.78 is 0. The van der Waals surface area contributed by atoms with Crippen LogP contribution in [0.2, 0.25) is 5.02 Å². The molecule has 2 rings (SSSR count). The van der Waals surface area contributed by atoms with Gasteiger partial charge < -0.3 is 5.32 Å². The van der Waals surface area contributed by atoms with Crippen LogP contribution in [-0.4, -0.2) is 15.9 Å². The van der Waals surface area contributed by atoms with Crippen LogP contribution in [0.4, 0.5) is 5.69 Å². The van der Waals surface area contributed by atoms with E-state index in [-0.39, 0.29) is 5.91 Å². The highest BCUT2D eigenvalue weighted by Gasteiger charge is 2.11. The van der Waals surface area contributed by atoms with E-state index in [1.807, 2.05) is 6.92 Å². The fourth-order valence-electron chi connectivity index (χ4n) is 1.37. The molecule has 0 aliphatic heterocycles. The van der Waals surface area contributed by atoms with Gasteiger partial charge in [0.15, 0.2) is 0 Å². The molecule has 2 heterocycles. The Balaban J connectivity index is 2.24. The van der Waals surface area contributed by atoms with Crippen molar-refractivity contribution in [3.8, 4) is 0 Å². The number of amides is 1. The number of aromatic nitrogens is 2. The number of pyridine rings is 2. The maximum absolute atomic E-state index is 11.9. The summed E-state index contributed by atoms with van der Waals surface area (Å²) in [7, 11) is 0. The van der Waals surface area contributed by atoms with Crippen LogP contribution in [0.25, 0.3) is 0 Å². The number of rotatable bonds is 2. The van der Waals surface area contributed by atoms with Crippen molar-refractivity contribution < 1.29 is 4.79 Å². The molecule has 0 spiro atoms. The Labute approximate surface area is 104 Å². The monoisotopic (exact) mass is 247 g/mol. The molecule has 0 bridgehead atoms. The lowest BCUT2D eigenvalue weighted by Gasteiger charge is -2.07. The van der Waals surface area contributed by atoms with Crippen molar-refractivity contribution >= 4 is 23.2 Å². The van der Waals surface area contributed by atoms with Crippen LogP contribution in [-0.2, 0) is 0 Å². The fourth-order valence-corrected chi connectivity index (χ4v) is 1.57. The van der Waals surface area contributed by atoms with E-state index in [0.717, 1.165) is 5.69 Å². The molecule has 0 saturated heterocycles. The summed E-state index contributed by atoms with van der Waals surface area (Å²) in [5.41, 5.74) is 1.82. The lowest BCUT2D eigenvalue weighted by Crippen LogP contribution is -2.13. The van der Waals surface area contributed by atoms with E-state index in [2.05, 4.69) is 15.3 Å². The second-order valence-corrected chi connectivity index (χ2v) is 3.85. The summed E-state index contributed by atoms with van der Waals surface area (Å²) in [5.74, 6) is -0.270. The Kier molecular flexibility index (Phi) is 3.35. The summed E-state index contributed by atoms with van der Waals surface area (Å²) in [4.78, 5) is 19.9. The molecule has 0 atom stereocenters. The van der Waals surface area contributed by atoms with Gasteiger partial charge in [0, 0.05) is 18.6 Å². The molecule has 0 aliphatic carbocycles. The van der Waals surface area contributed by atoms with Crippen molar-refractivity contribution in [2.45, 2.75) is 6.92 Å². The van der Waals surface area contributed by atoms with Gasteiger partial charge in [0.25, 0.3) is 5.91 Å². The summed E-state index contributed by atoms with van der Waals surface area (Å²) in [6.45, 7) is 1.82. The van der Waals surface area contributed by atoms with Gasteiger partial charge in [-0.2, -0.15) is 0 Å². The maximum atomic E-state index is 11.9. The van der Waals surface area contributed by atoms with Gasteiger partial charge >= 0.3 is 0 Å². The van der Waals surface area contributed by atoms with Gasteiger partial charge in [0.1, 0.15) is 0 Å². The average molecular weight is 248 g/mol. The molecule has 0 saturated carbocycles. The van der Waals surface area contributed by atoms with Crippen molar-refractivity contribution in [3.63, 3.8) is 0 Å². The zero-order valence-corrected chi connectivity index (χ0v) is 9.90. The van der Waals surface area contributed by atoms with Crippen LogP contribution >= 0.6 is 11.6 Å².